The van der Waals surface area contributed by atoms with Crippen molar-refractivity contribution >= 4 is 17.1 Å². The zero-order valence-electron chi connectivity index (χ0n) is 18.3. The monoisotopic (exact) mass is 444 g/mol. The van der Waals surface area contributed by atoms with Gasteiger partial charge in [0.1, 0.15) is 23.8 Å². The number of ether oxygens (including phenoxy) is 1. The van der Waals surface area contributed by atoms with E-state index in [0.29, 0.717) is 44.1 Å². The largest absolute Gasteiger partial charge is 0.489 e. The molecule has 1 aliphatic heterocycles. The van der Waals surface area contributed by atoms with Crippen molar-refractivity contribution in [1.82, 2.24) is 19.0 Å². The fourth-order valence-electron chi connectivity index (χ4n) is 4.42. The minimum atomic E-state index is -0.886. The number of amides is 1. The van der Waals surface area contributed by atoms with Gasteiger partial charge in [0.05, 0.1) is 0 Å². The molecular weight excluding hydrogens is 420 g/mol. The predicted molar refractivity (Wildman–Crippen MR) is 124 cm³/mol. The van der Waals surface area contributed by atoms with Crippen LogP contribution in [0.5, 0.6) is 5.75 Å². The SMILES string of the molecule is Cn1c2c(c3ccc(-n4ccc(OCc5ccccc5)cc4=O)nc31)CCN(C(=O)O)CC2. The molecule has 5 rings (SSSR count). The quantitative estimate of drug-likeness (QED) is 0.521. The van der Waals surface area contributed by atoms with E-state index in [1.807, 2.05) is 54.1 Å². The molecule has 0 bridgehead atoms. The maximum Gasteiger partial charge on any atom is 0.407 e. The molecule has 3 aromatic heterocycles. The second-order valence-electron chi connectivity index (χ2n) is 8.14. The van der Waals surface area contributed by atoms with E-state index < -0.39 is 6.09 Å². The van der Waals surface area contributed by atoms with Gasteiger partial charge in [-0.15, -0.1) is 0 Å². The van der Waals surface area contributed by atoms with Gasteiger partial charge in [0.15, 0.2) is 0 Å². The number of hydrogen-bond acceptors (Lipinski definition) is 4. The smallest absolute Gasteiger partial charge is 0.407 e. The molecule has 1 amide bonds. The number of nitrogens with zero attached hydrogens (tertiary/aromatic N) is 4. The number of aryl methyl sites for hydroxylation is 1. The summed E-state index contributed by atoms with van der Waals surface area (Å²) >= 11 is 0. The van der Waals surface area contributed by atoms with Crippen molar-refractivity contribution in [2.45, 2.75) is 19.4 Å². The molecule has 4 aromatic rings. The fourth-order valence-corrected chi connectivity index (χ4v) is 4.42. The molecule has 0 aliphatic carbocycles. The molecule has 0 unspecified atom stereocenters. The Morgan fingerprint density at radius 2 is 1.88 bits per heavy atom. The zero-order valence-corrected chi connectivity index (χ0v) is 18.3. The summed E-state index contributed by atoms with van der Waals surface area (Å²) in [5.41, 5.74) is 3.82. The Balaban J connectivity index is 1.42. The van der Waals surface area contributed by atoms with Crippen molar-refractivity contribution in [3.63, 3.8) is 0 Å². The van der Waals surface area contributed by atoms with E-state index in [2.05, 4.69) is 0 Å². The first-order valence-corrected chi connectivity index (χ1v) is 10.9. The Bertz CT molecular complexity index is 1390. The molecule has 168 valence electrons. The van der Waals surface area contributed by atoms with E-state index in [1.54, 1.807) is 12.3 Å². The lowest BCUT2D eigenvalue weighted by atomic mass is 10.1. The summed E-state index contributed by atoms with van der Waals surface area (Å²) in [6.45, 7) is 1.32. The molecule has 1 aliphatic rings. The van der Waals surface area contributed by atoms with Gasteiger partial charge in [-0.1, -0.05) is 30.3 Å². The topological polar surface area (TPSA) is 89.6 Å². The number of rotatable bonds is 4. The first-order valence-electron chi connectivity index (χ1n) is 10.9. The minimum Gasteiger partial charge on any atom is -0.489 e. The molecule has 8 heteroatoms. The third kappa shape index (κ3) is 3.95. The standard InChI is InChI=1S/C25H24N4O4/c1-27-21-11-13-28(25(31)32)12-10-19(21)20-7-8-22(26-24(20)27)29-14-9-18(15-23(29)30)33-16-17-5-3-2-4-6-17/h2-9,14-15H,10-13,16H2,1H3,(H,31,32). The van der Waals surface area contributed by atoms with Crippen molar-refractivity contribution in [3.05, 3.63) is 88.0 Å². The zero-order chi connectivity index (χ0) is 22.9. The molecule has 8 nitrogen and oxygen atoms in total. The van der Waals surface area contributed by atoms with E-state index in [1.165, 1.54) is 15.5 Å². The molecule has 0 fully saturated rings. The highest BCUT2D eigenvalue weighted by atomic mass is 16.5. The van der Waals surface area contributed by atoms with Crippen molar-refractivity contribution in [3.8, 4) is 11.6 Å². The number of hydrogen-bond donors (Lipinski definition) is 1. The summed E-state index contributed by atoms with van der Waals surface area (Å²) in [5.74, 6) is 1.04. The van der Waals surface area contributed by atoms with E-state index in [9.17, 15) is 14.7 Å². The van der Waals surface area contributed by atoms with E-state index in [-0.39, 0.29) is 5.56 Å². The normalized spacial score (nSPS) is 13.5. The van der Waals surface area contributed by atoms with Crippen LogP contribution in [-0.4, -0.2) is 43.3 Å². The Kier molecular flexibility index (Phi) is 5.34. The second kappa shape index (κ2) is 8.46. The molecular formula is C25H24N4O4. The summed E-state index contributed by atoms with van der Waals surface area (Å²) < 4.78 is 9.28. The molecule has 0 spiro atoms. The lowest BCUT2D eigenvalue weighted by Crippen LogP contribution is -2.31. The lowest BCUT2D eigenvalue weighted by Gasteiger charge is -2.15. The highest BCUT2D eigenvalue weighted by Gasteiger charge is 2.23. The maximum atomic E-state index is 12.8. The van der Waals surface area contributed by atoms with Crippen molar-refractivity contribution in [1.29, 1.82) is 0 Å². The number of aromatic nitrogens is 3. The van der Waals surface area contributed by atoms with Gasteiger partial charge in [0.25, 0.3) is 5.56 Å². The average molecular weight is 444 g/mol. The van der Waals surface area contributed by atoms with E-state index in [0.717, 1.165) is 27.9 Å². The summed E-state index contributed by atoms with van der Waals surface area (Å²) in [4.78, 5) is 30.4. The third-order valence-electron chi connectivity index (χ3n) is 6.16. The van der Waals surface area contributed by atoms with Crippen LogP contribution in [0.2, 0.25) is 0 Å². The highest BCUT2D eigenvalue weighted by Crippen LogP contribution is 2.28. The summed E-state index contributed by atoms with van der Waals surface area (Å²) in [5, 5.41) is 10.3. The van der Waals surface area contributed by atoms with Gasteiger partial charge in [-0.2, -0.15) is 0 Å². The van der Waals surface area contributed by atoms with Crippen molar-refractivity contribution < 1.29 is 14.6 Å². The van der Waals surface area contributed by atoms with Crippen molar-refractivity contribution in [2.24, 2.45) is 7.05 Å². The van der Waals surface area contributed by atoms with Gasteiger partial charge >= 0.3 is 6.09 Å². The van der Waals surface area contributed by atoms with E-state index >= 15 is 0 Å². The van der Waals surface area contributed by atoms with Crippen LogP contribution in [-0.2, 0) is 26.5 Å². The number of fused-ring (bicyclic) bond motifs is 3. The first kappa shape index (κ1) is 20.8. The molecule has 0 saturated heterocycles. The minimum absolute atomic E-state index is 0.222. The molecule has 4 heterocycles. The van der Waals surface area contributed by atoms with E-state index in [4.69, 9.17) is 9.72 Å². The number of benzene rings is 1. The molecule has 0 saturated carbocycles. The molecule has 1 aromatic carbocycles. The second-order valence-corrected chi connectivity index (χ2v) is 8.14. The van der Waals surface area contributed by atoms with Gasteiger partial charge in [0.2, 0.25) is 0 Å². The van der Waals surface area contributed by atoms with Crippen LogP contribution in [0, 0.1) is 0 Å². The van der Waals surface area contributed by atoms with Crippen LogP contribution >= 0.6 is 0 Å². The van der Waals surface area contributed by atoms with Crippen LogP contribution in [0.4, 0.5) is 4.79 Å². The van der Waals surface area contributed by atoms with Crippen LogP contribution in [0.25, 0.3) is 16.9 Å². The number of pyridine rings is 2. The van der Waals surface area contributed by atoms with Crippen LogP contribution in [0.1, 0.15) is 16.8 Å². The Hall–Kier alpha value is -4.07. The summed E-state index contributed by atoms with van der Waals surface area (Å²) in [7, 11) is 1.94. The van der Waals surface area contributed by atoms with Gasteiger partial charge < -0.3 is 19.3 Å². The summed E-state index contributed by atoms with van der Waals surface area (Å²) in [6, 6.07) is 16.8. The predicted octanol–water partition coefficient (Wildman–Crippen LogP) is 3.38. The molecule has 1 N–H and O–H groups in total. The average Bonchev–Trinajstić information content (AvgIpc) is 2.96. The van der Waals surface area contributed by atoms with Crippen LogP contribution < -0.4 is 10.3 Å². The molecule has 0 atom stereocenters. The Labute approximate surface area is 190 Å². The fraction of sp³-hybridized carbons (Fsp3) is 0.240. The third-order valence-corrected chi connectivity index (χ3v) is 6.16. The first-order chi connectivity index (χ1) is 16.0. The van der Waals surface area contributed by atoms with Crippen LogP contribution in [0.15, 0.2) is 65.6 Å². The lowest BCUT2D eigenvalue weighted by molar-refractivity contribution is 0.147. The Morgan fingerprint density at radius 3 is 2.64 bits per heavy atom. The molecule has 33 heavy (non-hydrogen) atoms. The summed E-state index contributed by atoms with van der Waals surface area (Å²) in [6.07, 6.45) is 2.07. The van der Waals surface area contributed by atoms with Crippen LogP contribution in [0.3, 0.4) is 0 Å². The van der Waals surface area contributed by atoms with Gasteiger partial charge in [-0.25, -0.2) is 9.78 Å². The van der Waals surface area contributed by atoms with Crippen molar-refractivity contribution in [2.75, 3.05) is 13.1 Å². The number of carbonyl (C=O) groups is 1. The van der Waals surface area contributed by atoms with Gasteiger partial charge in [0, 0.05) is 49.9 Å². The molecule has 0 radical (unpaired) electrons. The van der Waals surface area contributed by atoms with Gasteiger partial charge in [-0.3, -0.25) is 9.36 Å². The Morgan fingerprint density at radius 1 is 1.09 bits per heavy atom. The highest BCUT2D eigenvalue weighted by molar-refractivity contribution is 5.83. The van der Waals surface area contributed by atoms with Gasteiger partial charge in [-0.05, 0) is 35.7 Å². The number of carboxylic acid groups (broad SMARTS) is 1. The maximum absolute atomic E-state index is 12.8.